The number of hydrogen-bond acceptors (Lipinski definition) is 3. The van der Waals surface area contributed by atoms with Crippen molar-refractivity contribution < 1.29 is 8.42 Å². The minimum absolute atomic E-state index is 0.184. The smallest absolute Gasteiger partial charge is 0.207 e. The highest BCUT2D eigenvalue weighted by Crippen LogP contribution is 2.44. The molecule has 0 atom stereocenters. The fourth-order valence-electron chi connectivity index (χ4n) is 1.76. The summed E-state index contributed by atoms with van der Waals surface area (Å²) in [6, 6.07) is 17.4. The molecule has 0 N–H and O–H groups in total. The van der Waals surface area contributed by atoms with E-state index in [9.17, 15) is 8.42 Å². The molecule has 3 nitrogen and oxygen atoms in total. The Balaban J connectivity index is 2.35. The fraction of sp³-hybridized carbons (Fsp3) is 0.143. The van der Waals surface area contributed by atoms with Gasteiger partial charge in [0.2, 0.25) is 10.0 Å². The van der Waals surface area contributed by atoms with Crippen molar-refractivity contribution in [1.29, 1.82) is 0 Å². The Labute approximate surface area is 149 Å². The lowest BCUT2D eigenvalue weighted by Crippen LogP contribution is -2.28. The van der Waals surface area contributed by atoms with Crippen LogP contribution in [0.15, 0.2) is 60.7 Å². The number of halogens is 3. The number of nitrogens with zero attached hydrogens (tertiary/aromatic N) is 1. The predicted molar refractivity (Wildman–Crippen MR) is 95.9 cm³/mol. The molecule has 0 heterocycles. The number of anilines is 1. The second kappa shape index (κ2) is 7.32. The summed E-state index contributed by atoms with van der Waals surface area (Å²) in [5.74, 6) is -0.184. The van der Waals surface area contributed by atoms with Gasteiger partial charge < -0.3 is 0 Å². The largest absolute Gasteiger partial charge is 0.257 e. The number of hydrogen-bond donors (Lipinski definition) is 0. The average Bonchev–Trinajstić information content (AvgIpc) is 2.45. The summed E-state index contributed by atoms with van der Waals surface area (Å²) in [5.41, 5.74) is 1.09. The van der Waals surface area contributed by atoms with Crippen molar-refractivity contribution in [1.82, 2.24) is 0 Å². The van der Waals surface area contributed by atoms with Crippen LogP contribution in [0, 0.1) is 0 Å². The van der Waals surface area contributed by atoms with Crippen molar-refractivity contribution in [2.45, 2.75) is 8.88 Å². The Bertz CT molecular complexity index is 704. The quantitative estimate of drug-likeness (QED) is 0.527. The normalized spacial score (nSPS) is 12.1. The molecule has 0 aliphatic heterocycles. The van der Waals surface area contributed by atoms with Gasteiger partial charge in [-0.05, 0) is 17.7 Å². The number of alkyl halides is 3. The molecule has 2 aromatic carbocycles. The number of rotatable bonds is 5. The molecule has 0 aliphatic rings. The summed E-state index contributed by atoms with van der Waals surface area (Å²) >= 11 is 17.9. The van der Waals surface area contributed by atoms with Gasteiger partial charge in [-0.25, -0.2) is 12.1 Å². The van der Waals surface area contributed by atoms with Crippen LogP contribution in [0.4, 0.5) is 5.69 Å². The average molecular weight is 397 g/mol. The van der Waals surface area contributed by atoms with Gasteiger partial charge in [0.05, 0.1) is 11.4 Å². The minimum Gasteiger partial charge on any atom is -0.207 e. The van der Waals surface area contributed by atoms with Crippen molar-refractivity contribution >= 4 is 62.5 Å². The third-order valence-corrected chi connectivity index (χ3v) is 6.12. The van der Waals surface area contributed by atoms with Gasteiger partial charge in [0.1, 0.15) is 0 Å². The van der Waals surface area contributed by atoms with Crippen molar-refractivity contribution in [3.63, 3.8) is 0 Å². The topological polar surface area (TPSA) is 37.4 Å². The first kappa shape index (κ1) is 17.8. The van der Waals surface area contributed by atoms with Crippen LogP contribution in [0.3, 0.4) is 0 Å². The molecule has 0 saturated heterocycles. The summed E-state index contributed by atoms with van der Waals surface area (Å²) < 4.78 is 24.7. The van der Waals surface area contributed by atoms with Crippen LogP contribution < -0.4 is 3.71 Å². The highest BCUT2D eigenvalue weighted by atomic mass is 35.6. The SMILES string of the molecule is O=S(=O)(Cc1ccccc1)N(SC(Cl)(Cl)Cl)c1ccccc1. The van der Waals surface area contributed by atoms with Crippen LogP contribution in [-0.4, -0.2) is 11.5 Å². The maximum absolute atomic E-state index is 12.7. The molecule has 0 fully saturated rings. The number of sulfonamides is 1. The molecule has 0 aromatic heterocycles. The molecule has 8 heteroatoms. The van der Waals surface area contributed by atoms with E-state index in [4.69, 9.17) is 34.8 Å². The lowest BCUT2D eigenvalue weighted by molar-refractivity contribution is 0.597. The van der Waals surface area contributed by atoms with Crippen molar-refractivity contribution in [2.24, 2.45) is 0 Å². The Morgan fingerprint density at radius 2 is 1.41 bits per heavy atom. The summed E-state index contributed by atoms with van der Waals surface area (Å²) in [6.07, 6.45) is 0. The number of para-hydroxylation sites is 1. The fourth-order valence-corrected chi connectivity index (χ4v) is 5.28. The van der Waals surface area contributed by atoms with E-state index in [1.807, 2.05) is 6.07 Å². The van der Waals surface area contributed by atoms with Gasteiger partial charge in [-0.15, -0.1) is 0 Å². The second-order valence-electron chi connectivity index (χ2n) is 4.34. The van der Waals surface area contributed by atoms with E-state index in [-0.39, 0.29) is 5.75 Å². The standard InChI is InChI=1S/C14H12Cl3NO2S2/c15-14(16,17)21-18(13-9-5-2-6-10-13)22(19,20)11-12-7-3-1-4-8-12/h1-10H,11H2. The van der Waals surface area contributed by atoms with Crippen LogP contribution in [0.5, 0.6) is 0 Å². The zero-order valence-electron chi connectivity index (χ0n) is 11.2. The van der Waals surface area contributed by atoms with E-state index in [0.29, 0.717) is 23.2 Å². The van der Waals surface area contributed by atoms with E-state index in [0.717, 1.165) is 3.71 Å². The first-order valence-electron chi connectivity index (χ1n) is 6.16. The maximum atomic E-state index is 12.7. The Morgan fingerprint density at radius 3 is 1.91 bits per heavy atom. The third kappa shape index (κ3) is 5.25. The van der Waals surface area contributed by atoms with Gasteiger partial charge in [0, 0.05) is 11.9 Å². The van der Waals surface area contributed by atoms with Gasteiger partial charge in [-0.2, -0.15) is 0 Å². The molecule has 0 aliphatic carbocycles. The first-order chi connectivity index (χ1) is 10.3. The number of benzene rings is 2. The van der Waals surface area contributed by atoms with Gasteiger partial charge in [0.25, 0.3) is 3.12 Å². The van der Waals surface area contributed by atoms with Crippen LogP contribution in [0.1, 0.15) is 5.56 Å². The van der Waals surface area contributed by atoms with Crippen LogP contribution in [0.2, 0.25) is 0 Å². The highest BCUT2D eigenvalue weighted by molar-refractivity contribution is 8.17. The maximum Gasteiger partial charge on any atom is 0.257 e. The zero-order chi connectivity index (χ0) is 16.2. The summed E-state index contributed by atoms with van der Waals surface area (Å²) in [5, 5.41) is 0. The molecule has 0 spiro atoms. The van der Waals surface area contributed by atoms with E-state index >= 15 is 0 Å². The summed E-state index contributed by atoms with van der Waals surface area (Å²) in [6.45, 7) is 0. The van der Waals surface area contributed by atoms with Gasteiger partial charge >= 0.3 is 0 Å². The second-order valence-corrected chi connectivity index (χ2v) is 10.5. The highest BCUT2D eigenvalue weighted by Gasteiger charge is 2.33. The van der Waals surface area contributed by atoms with E-state index in [1.54, 1.807) is 54.6 Å². The lowest BCUT2D eigenvalue weighted by atomic mass is 10.2. The molecule has 22 heavy (non-hydrogen) atoms. The minimum atomic E-state index is -3.72. The summed E-state index contributed by atoms with van der Waals surface area (Å²) in [7, 11) is -3.72. The molecular formula is C14H12Cl3NO2S2. The first-order valence-corrected chi connectivity index (χ1v) is 9.67. The van der Waals surface area contributed by atoms with Crippen molar-refractivity contribution in [2.75, 3.05) is 3.71 Å². The Hall–Kier alpha value is -0.590. The van der Waals surface area contributed by atoms with Crippen LogP contribution in [-0.2, 0) is 15.8 Å². The van der Waals surface area contributed by atoms with E-state index in [2.05, 4.69) is 0 Å². The van der Waals surface area contributed by atoms with E-state index in [1.165, 1.54) is 0 Å². The van der Waals surface area contributed by atoms with Crippen LogP contribution >= 0.6 is 46.8 Å². The third-order valence-electron chi connectivity index (χ3n) is 2.60. The molecule has 0 radical (unpaired) electrons. The summed E-state index contributed by atoms with van der Waals surface area (Å²) in [4.78, 5) is 0. The molecule has 2 aromatic rings. The van der Waals surface area contributed by atoms with Gasteiger partial charge in [-0.3, -0.25) is 0 Å². The predicted octanol–water partition coefficient (Wildman–Crippen LogP) is 5.00. The lowest BCUT2D eigenvalue weighted by Gasteiger charge is -2.26. The molecule has 118 valence electrons. The zero-order valence-corrected chi connectivity index (χ0v) is 15.1. The van der Waals surface area contributed by atoms with Gasteiger partial charge in [0.15, 0.2) is 0 Å². The van der Waals surface area contributed by atoms with Crippen LogP contribution in [0.25, 0.3) is 0 Å². The Kier molecular flexibility index (Phi) is 5.91. The molecule has 0 saturated carbocycles. The van der Waals surface area contributed by atoms with E-state index < -0.39 is 13.1 Å². The molecule has 0 bridgehead atoms. The molecule has 0 amide bonds. The Morgan fingerprint density at radius 1 is 0.909 bits per heavy atom. The van der Waals surface area contributed by atoms with Gasteiger partial charge in [-0.1, -0.05) is 83.3 Å². The molecule has 0 unspecified atom stereocenters. The molecule has 2 rings (SSSR count). The van der Waals surface area contributed by atoms with Crippen molar-refractivity contribution in [3.8, 4) is 0 Å². The van der Waals surface area contributed by atoms with Crippen molar-refractivity contribution in [3.05, 3.63) is 66.2 Å². The monoisotopic (exact) mass is 395 g/mol. The molecular weight excluding hydrogens is 385 g/mol.